The lowest BCUT2D eigenvalue weighted by molar-refractivity contribution is -0.135. The van der Waals surface area contributed by atoms with Gasteiger partial charge in [-0.3, -0.25) is 9.59 Å². The molecule has 1 aliphatic rings. The summed E-state index contributed by atoms with van der Waals surface area (Å²) in [7, 11) is 0. The molecule has 1 amide bonds. The molecule has 30 heavy (non-hydrogen) atoms. The summed E-state index contributed by atoms with van der Waals surface area (Å²) in [5.41, 5.74) is 0.371. The van der Waals surface area contributed by atoms with Gasteiger partial charge in [-0.25, -0.2) is 4.98 Å². The molecule has 1 aliphatic heterocycles. The van der Waals surface area contributed by atoms with Gasteiger partial charge in [0, 0.05) is 18.2 Å². The number of carbonyl (C=O) groups is 1. The minimum atomic E-state index is -0.225. The highest BCUT2D eigenvalue weighted by atomic mass is 35.5. The third-order valence-corrected chi connectivity index (χ3v) is 5.23. The van der Waals surface area contributed by atoms with Gasteiger partial charge >= 0.3 is 0 Å². The van der Waals surface area contributed by atoms with Crippen LogP contribution in [0.1, 0.15) is 18.7 Å². The van der Waals surface area contributed by atoms with Crippen molar-refractivity contribution in [1.82, 2.24) is 14.9 Å². The molecule has 0 bridgehead atoms. The van der Waals surface area contributed by atoms with Crippen molar-refractivity contribution >= 4 is 28.4 Å². The van der Waals surface area contributed by atoms with Gasteiger partial charge < -0.3 is 19.4 Å². The van der Waals surface area contributed by atoms with E-state index in [0.29, 0.717) is 40.7 Å². The number of H-pyrrole nitrogens is 1. The van der Waals surface area contributed by atoms with Gasteiger partial charge in [-0.2, -0.15) is 0 Å². The van der Waals surface area contributed by atoms with E-state index < -0.39 is 0 Å². The summed E-state index contributed by atoms with van der Waals surface area (Å²) in [6.45, 7) is 1.15. The number of carbonyl (C=O) groups excluding carboxylic acids is 1. The van der Waals surface area contributed by atoms with Gasteiger partial charge in [-0.1, -0.05) is 23.7 Å². The van der Waals surface area contributed by atoms with E-state index in [1.807, 2.05) is 6.07 Å². The van der Waals surface area contributed by atoms with E-state index in [0.717, 1.165) is 12.8 Å². The Morgan fingerprint density at radius 1 is 1.23 bits per heavy atom. The molecule has 1 fully saturated rings. The van der Waals surface area contributed by atoms with Crippen molar-refractivity contribution < 1.29 is 14.3 Å². The smallest absolute Gasteiger partial charge is 0.261 e. The largest absolute Gasteiger partial charge is 0.484 e. The molecular formula is C22H22ClN3O4. The lowest BCUT2D eigenvalue weighted by Gasteiger charge is -2.25. The van der Waals surface area contributed by atoms with E-state index in [4.69, 9.17) is 21.1 Å². The molecule has 0 saturated carbocycles. The molecule has 4 rings (SSSR count). The summed E-state index contributed by atoms with van der Waals surface area (Å²) < 4.78 is 11.3. The molecule has 1 unspecified atom stereocenters. The van der Waals surface area contributed by atoms with Crippen LogP contribution >= 0.6 is 11.6 Å². The maximum absolute atomic E-state index is 12.9. The first-order valence-corrected chi connectivity index (χ1v) is 10.2. The van der Waals surface area contributed by atoms with Crippen molar-refractivity contribution in [3.8, 4) is 5.75 Å². The monoisotopic (exact) mass is 427 g/mol. The zero-order valence-electron chi connectivity index (χ0n) is 16.3. The average molecular weight is 428 g/mol. The Morgan fingerprint density at radius 3 is 2.80 bits per heavy atom. The number of rotatable bonds is 7. The number of para-hydroxylation sites is 1. The van der Waals surface area contributed by atoms with Crippen LogP contribution in [-0.4, -0.2) is 46.6 Å². The van der Waals surface area contributed by atoms with Gasteiger partial charge in [0.15, 0.2) is 6.61 Å². The maximum Gasteiger partial charge on any atom is 0.261 e. The van der Waals surface area contributed by atoms with E-state index in [1.54, 1.807) is 47.4 Å². The number of benzene rings is 2. The van der Waals surface area contributed by atoms with Crippen molar-refractivity contribution in [2.24, 2.45) is 0 Å². The molecule has 0 radical (unpaired) electrons. The van der Waals surface area contributed by atoms with Crippen LogP contribution in [0.5, 0.6) is 5.75 Å². The molecular weight excluding hydrogens is 406 g/mol. The highest BCUT2D eigenvalue weighted by molar-refractivity contribution is 6.30. The molecule has 2 heterocycles. The number of aromatic nitrogens is 2. The Bertz CT molecular complexity index is 1080. The number of fused-ring (bicyclic) bond motifs is 1. The summed E-state index contributed by atoms with van der Waals surface area (Å²) in [6.07, 6.45) is 1.83. The molecule has 8 heteroatoms. The first-order valence-electron chi connectivity index (χ1n) is 9.84. The Balaban J connectivity index is 1.50. The summed E-state index contributed by atoms with van der Waals surface area (Å²) in [5.74, 6) is 0.773. The number of amides is 1. The SMILES string of the molecule is O=C(COc1ccc(Cl)cc1)N(Cc1nc2ccccc2c(=O)[nH]1)CC1CCCO1. The second kappa shape index (κ2) is 9.28. The van der Waals surface area contributed by atoms with Crippen molar-refractivity contribution in [3.05, 3.63) is 69.7 Å². The number of aromatic amines is 1. The second-order valence-corrected chi connectivity index (χ2v) is 7.62. The van der Waals surface area contributed by atoms with Crippen LogP contribution in [0.15, 0.2) is 53.3 Å². The van der Waals surface area contributed by atoms with Crippen LogP contribution in [0.25, 0.3) is 10.9 Å². The fraction of sp³-hybridized carbons (Fsp3) is 0.318. The van der Waals surface area contributed by atoms with E-state index >= 15 is 0 Å². The van der Waals surface area contributed by atoms with Crippen LogP contribution in [-0.2, 0) is 16.1 Å². The fourth-order valence-corrected chi connectivity index (χ4v) is 3.57. The average Bonchev–Trinajstić information content (AvgIpc) is 3.26. The third kappa shape index (κ3) is 4.98. The first kappa shape index (κ1) is 20.4. The second-order valence-electron chi connectivity index (χ2n) is 7.18. The fourth-order valence-electron chi connectivity index (χ4n) is 3.45. The number of hydrogen-bond donors (Lipinski definition) is 1. The highest BCUT2D eigenvalue weighted by Crippen LogP contribution is 2.17. The molecule has 7 nitrogen and oxygen atoms in total. The zero-order valence-corrected chi connectivity index (χ0v) is 17.1. The van der Waals surface area contributed by atoms with E-state index in [2.05, 4.69) is 9.97 Å². The van der Waals surface area contributed by atoms with Crippen LogP contribution in [0.2, 0.25) is 5.02 Å². The Hall–Kier alpha value is -2.90. The lowest BCUT2D eigenvalue weighted by atomic mass is 10.2. The van der Waals surface area contributed by atoms with Crippen molar-refractivity contribution in [3.63, 3.8) is 0 Å². The Kier molecular flexibility index (Phi) is 6.30. The van der Waals surface area contributed by atoms with E-state index in [-0.39, 0.29) is 30.7 Å². The summed E-state index contributed by atoms with van der Waals surface area (Å²) in [4.78, 5) is 34.2. The van der Waals surface area contributed by atoms with Gasteiger partial charge in [0.05, 0.1) is 23.6 Å². The number of ether oxygens (including phenoxy) is 2. The van der Waals surface area contributed by atoms with Gasteiger partial charge in [-0.05, 0) is 49.2 Å². The van der Waals surface area contributed by atoms with Gasteiger partial charge in [-0.15, -0.1) is 0 Å². The lowest BCUT2D eigenvalue weighted by Crippen LogP contribution is -2.40. The minimum absolute atomic E-state index is 0.0309. The Morgan fingerprint density at radius 2 is 2.03 bits per heavy atom. The maximum atomic E-state index is 12.9. The van der Waals surface area contributed by atoms with Crippen molar-refractivity contribution in [2.45, 2.75) is 25.5 Å². The highest BCUT2D eigenvalue weighted by Gasteiger charge is 2.24. The molecule has 1 N–H and O–H groups in total. The predicted octanol–water partition coefficient (Wildman–Crippen LogP) is 3.16. The molecule has 1 atom stereocenters. The molecule has 1 saturated heterocycles. The normalized spacial score (nSPS) is 16.0. The zero-order chi connectivity index (χ0) is 20.9. The topological polar surface area (TPSA) is 84.5 Å². The summed E-state index contributed by atoms with van der Waals surface area (Å²) in [6, 6.07) is 14.0. The molecule has 156 valence electrons. The third-order valence-electron chi connectivity index (χ3n) is 4.98. The molecule has 0 spiro atoms. The van der Waals surface area contributed by atoms with E-state index in [1.165, 1.54) is 0 Å². The van der Waals surface area contributed by atoms with Crippen LogP contribution in [0, 0.1) is 0 Å². The molecule has 2 aromatic carbocycles. The summed E-state index contributed by atoms with van der Waals surface area (Å²) in [5, 5.41) is 1.12. The molecule has 3 aromatic rings. The van der Waals surface area contributed by atoms with Crippen LogP contribution in [0.4, 0.5) is 0 Å². The van der Waals surface area contributed by atoms with E-state index in [9.17, 15) is 9.59 Å². The number of halogens is 1. The van der Waals surface area contributed by atoms with Gasteiger partial charge in [0.1, 0.15) is 11.6 Å². The molecule has 0 aliphatic carbocycles. The van der Waals surface area contributed by atoms with Crippen LogP contribution < -0.4 is 10.3 Å². The van der Waals surface area contributed by atoms with Crippen molar-refractivity contribution in [1.29, 1.82) is 0 Å². The number of nitrogens with zero attached hydrogens (tertiary/aromatic N) is 2. The van der Waals surface area contributed by atoms with Crippen LogP contribution in [0.3, 0.4) is 0 Å². The first-order chi connectivity index (χ1) is 14.6. The standard InChI is InChI=1S/C22H22ClN3O4/c23-15-7-9-16(10-8-15)30-14-21(27)26(12-17-4-3-11-29-17)13-20-24-19-6-2-1-5-18(19)22(28)25-20/h1-2,5-10,17H,3-4,11-14H2,(H,24,25,28). The van der Waals surface area contributed by atoms with Gasteiger partial charge in [0.2, 0.25) is 0 Å². The Labute approximate surface area is 178 Å². The minimum Gasteiger partial charge on any atom is -0.484 e. The summed E-state index contributed by atoms with van der Waals surface area (Å²) >= 11 is 5.88. The quantitative estimate of drug-likeness (QED) is 0.626. The number of nitrogens with one attached hydrogen (secondary N) is 1. The number of hydrogen-bond acceptors (Lipinski definition) is 5. The predicted molar refractivity (Wildman–Crippen MR) is 114 cm³/mol. The van der Waals surface area contributed by atoms with Gasteiger partial charge in [0.25, 0.3) is 11.5 Å². The molecule has 1 aromatic heterocycles. The van der Waals surface area contributed by atoms with Crippen molar-refractivity contribution in [2.75, 3.05) is 19.8 Å².